The second-order valence-corrected chi connectivity index (χ2v) is 1.83. The molecule has 0 saturated carbocycles. The van der Waals surface area contributed by atoms with Gasteiger partial charge >= 0.3 is 0 Å². The van der Waals surface area contributed by atoms with E-state index < -0.39 is 0 Å². The minimum Gasteiger partial charge on any atom is -0.506 e. The van der Waals surface area contributed by atoms with Gasteiger partial charge < -0.3 is 9.84 Å². The molecule has 0 aromatic carbocycles. The fourth-order valence-corrected chi connectivity index (χ4v) is 0.751. The van der Waals surface area contributed by atoms with Crippen molar-refractivity contribution >= 4 is 6.20 Å². The second-order valence-electron chi connectivity index (χ2n) is 1.83. The molecule has 0 aliphatic rings. The predicted molar refractivity (Wildman–Crippen MR) is 39.0 cm³/mol. The fourth-order valence-electron chi connectivity index (χ4n) is 0.751. The molecule has 1 rings (SSSR count). The SMILES string of the molecule is C=Cn1cc(O)cc1OC. The van der Waals surface area contributed by atoms with Crippen molar-refractivity contribution in [2.75, 3.05) is 7.11 Å². The normalized spacial score (nSPS) is 9.30. The summed E-state index contributed by atoms with van der Waals surface area (Å²) >= 11 is 0. The summed E-state index contributed by atoms with van der Waals surface area (Å²) in [6, 6.07) is 1.52. The number of nitrogens with zero attached hydrogens (tertiary/aromatic N) is 1. The average Bonchev–Trinajstić information content (AvgIpc) is 2.30. The van der Waals surface area contributed by atoms with Crippen LogP contribution in [-0.2, 0) is 0 Å². The molecule has 54 valence electrons. The van der Waals surface area contributed by atoms with E-state index in [1.54, 1.807) is 10.8 Å². The Labute approximate surface area is 59.2 Å². The summed E-state index contributed by atoms with van der Waals surface area (Å²) in [4.78, 5) is 0. The number of rotatable bonds is 2. The van der Waals surface area contributed by atoms with Gasteiger partial charge in [-0.05, 0) is 0 Å². The topological polar surface area (TPSA) is 34.4 Å². The zero-order valence-corrected chi connectivity index (χ0v) is 5.74. The van der Waals surface area contributed by atoms with Gasteiger partial charge in [-0.25, -0.2) is 0 Å². The maximum absolute atomic E-state index is 8.95. The molecule has 1 heterocycles. The van der Waals surface area contributed by atoms with Gasteiger partial charge in [-0.2, -0.15) is 0 Å². The van der Waals surface area contributed by atoms with Crippen LogP contribution in [-0.4, -0.2) is 16.8 Å². The highest BCUT2D eigenvalue weighted by molar-refractivity contribution is 5.36. The van der Waals surface area contributed by atoms with E-state index in [0.29, 0.717) is 5.88 Å². The van der Waals surface area contributed by atoms with Crippen molar-refractivity contribution in [2.45, 2.75) is 0 Å². The summed E-state index contributed by atoms with van der Waals surface area (Å²) in [6.45, 7) is 3.52. The Balaban J connectivity index is 3.08. The smallest absolute Gasteiger partial charge is 0.201 e. The Hall–Kier alpha value is -1.38. The molecule has 1 aromatic rings. The monoisotopic (exact) mass is 139 g/mol. The van der Waals surface area contributed by atoms with Crippen LogP contribution in [0.2, 0.25) is 0 Å². The lowest BCUT2D eigenvalue weighted by Gasteiger charge is -1.98. The van der Waals surface area contributed by atoms with Crippen LogP contribution >= 0.6 is 0 Å². The molecule has 0 bridgehead atoms. The highest BCUT2D eigenvalue weighted by atomic mass is 16.5. The van der Waals surface area contributed by atoms with Crippen LogP contribution in [0.25, 0.3) is 6.20 Å². The molecular formula is C7H9NO2. The summed E-state index contributed by atoms with van der Waals surface area (Å²) in [5.41, 5.74) is 0. The molecule has 0 aliphatic carbocycles. The Kier molecular flexibility index (Phi) is 1.67. The number of methoxy groups -OCH3 is 1. The van der Waals surface area contributed by atoms with Gasteiger partial charge in [0.05, 0.1) is 13.3 Å². The lowest BCUT2D eigenvalue weighted by Crippen LogP contribution is -1.88. The van der Waals surface area contributed by atoms with Crippen LogP contribution in [0.3, 0.4) is 0 Å². The summed E-state index contributed by atoms with van der Waals surface area (Å²) in [7, 11) is 1.54. The predicted octanol–water partition coefficient (Wildman–Crippen LogP) is 1.30. The third-order valence-electron chi connectivity index (χ3n) is 1.20. The van der Waals surface area contributed by atoms with Crippen molar-refractivity contribution in [1.82, 2.24) is 4.57 Å². The van der Waals surface area contributed by atoms with Crippen LogP contribution < -0.4 is 4.74 Å². The van der Waals surface area contributed by atoms with Crippen LogP contribution in [0.1, 0.15) is 0 Å². The molecule has 0 fully saturated rings. The highest BCUT2D eigenvalue weighted by Gasteiger charge is 1.99. The molecule has 10 heavy (non-hydrogen) atoms. The molecule has 1 aromatic heterocycles. The first-order chi connectivity index (χ1) is 4.77. The zero-order chi connectivity index (χ0) is 7.56. The molecule has 1 N–H and O–H groups in total. The Morgan fingerprint density at radius 1 is 1.80 bits per heavy atom. The van der Waals surface area contributed by atoms with Gasteiger partial charge in [0.15, 0.2) is 0 Å². The number of aromatic nitrogens is 1. The van der Waals surface area contributed by atoms with E-state index in [-0.39, 0.29) is 5.75 Å². The van der Waals surface area contributed by atoms with Crippen LogP contribution in [0.15, 0.2) is 18.8 Å². The van der Waals surface area contributed by atoms with Crippen molar-refractivity contribution in [3.05, 3.63) is 18.8 Å². The summed E-state index contributed by atoms with van der Waals surface area (Å²) in [6.07, 6.45) is 3.07. The Bertz CT molecular complexity index is 240. The van der Waals surface area contributed by atoms with Gasteiger partial charge in [0.25, 0.3) is 0 Å². The highest BCUT2D eigenvalue weighted by Crippen LogP contribution is 2.20. The molecule has 0 saturated heterocycles. The third kappa shape index (κ3) is 0.978. The maximum Gasteiger partial charge on any atom is 0.201 e. The second kappa shape index (κ2) is 2.47. The van der Waals surface area contributed by atoms with E-state index in [0.717, 1.165) is 0 Å². The molecule has 3 nitrogen and oxygen atoms in total. The van der Waals surface area contributed by atoms with E-state index in [4.69, 9.17) is 9.84 Å². The molecule has 0 spiro atoms. The number of hydrogen-bond acceptors (Lipinski definition) is 2. The molecule has 3 heteroatoms. The minimum atomic E-state index is 0.178. The van der Waals surface area contributed by atoms with Crippen LogP contribution in [0.5, 0.6) is 11.6 Å². The first kappa shape index (κ1) is 6.74. The Morgan fingerprint density at radius 3 is 2.90 bits per heavy atom. The summed E-state index contributed by atoms with van der Waals surface area (Å²) < 4.78 is 6.48. The van der Waals surface area contributed by atoms with Crippen molar-refractivity contribution in [3.8, 4) is 11.6 Å². The molecule has 0 atom stereocenters. The fraction of sp³-hybridized carbons (Fsp3) is 0.143. The van der Waals surface area contributed by atoms with Gasteiger partial charge in [0.1, 0.15) is 5.75 Å². The van der Waals surface area contributed by atoms with Crippen molar-refractivity contribution in [3.63, 3.8) is 0 Å². The largest absolute Gasteiger partial charge is 0.506 e. The molecule has 0 unspecified atom stereocenters. The van der Waals surface area contributed by atoms with E-state index in [2.05, 4.69) is 6.58 Å². The summed E-state index contributed by atoms with van der Waals surface area (Å²) in [5, 5.41) is 8.95. The van der Waals surface area contributed by atoms with Gasteiger partial charge in [0, 0.05) is 12.3 Å². The van der Waals surface area contributed by atoms with E-state index >= 15 is 0 Å². The van der Waals surface area contributed by atoms with Crippen molar-refractivity contribution in [1.29, 1.82) is 0 Å². The zero-order valence-electron chi connectivity index (χ0n) is 5.74. The number of aromatic hydroxyl groups is 1. The van der Waals surface area contributed by atoms with Crippen molar-refractivity contribution < 1.29 is 9.84 Å². The van der Waals surface area contributed by atoms with Crippen molar-refractivity contribution in [2.24, 2.45) is 0 Å². The third-order valence-corrected chi connectivity index (χ3v) is 1.20. The lowest BCUT2D eigenvalue weighted by atomic mass is 10.6. The number of hydrogen-bond donors (Lipinski definition) is 1. The standard InChI is InChI=1S/C7H9NO2/c1-3-8-5-6(9)4-7(8)10-2/h3-5,9H,1H2,2H3. The molecule has 0 aliphatic heterocycles. The summed E-state index contributed by atoms with van der Waals surface area (Å²) in [5.74, 6) is 0.754. The minimum absolute atomic E-state index is 0.178. The van der Waals surface area contributed by atoms with Gasteiger partial charge in [0.2, 0.25) is 5.88 Å². The molecular weight excluding hydrogens is 130 g/mol. The molecule has 0 radical (unpaired) electrons. The number of ether oxygens (including phenoxy) is 1. The van der Waals surface area contributed by atoms with E-state index in [1.807, 2.05) is 0 Å². The maximum atomic E-state index is 8.95. The van der Waals surface area contributed by atoms with Crippen LogP contribution in [0, 0.1) is 0 Å². The lowest BCUT2D eigenvalue weighted by molar-refractivity contribution is 0.392. The first-order valence-corrected chi connectivity index (χ1v) is 2.85. The van der Waals surface area contributed by atoms with E-state index in [9.17, 15) is 0 Å². The van der Waals surface area contributed by atoms with Crippen LogP contribution in [0.4, 0.5) is 0 Å². The quantitative estimate of drug-likeness (QED) is 0.670. The Morgan fingerprint density at radius 2 is 2.50 bits per heavy atom. The molecule has 0 amide bonds. The van der Waals surface area contributed by atoms with Gasteiger partial charge in [-0.3, -0.25) is 4.57 Å². The van der Waals surface area contributed by atoms with Gasteiger partial charge in [-0.15, -0.1) is 0 Å². The van der Waals surface area contributed by atoms with E-state index in [1.165, 1.54) is 19.4 Å². The first-order valence-electron chi connectivity index (χ1n) is 2.85. The van der Waals surface area contributed by atoms with Gasteiger partial charge in [-0.1, -0.05) is 6.58 Å². The average molecular weight is 139 g/mol.